The third kappa shape index (κ3) is 4.14. The van der Waals surface area contributed by atoms with E-state index in [-0.39, 0.29) is 18.3 Å². The number of rotatable bonds is 5. The Morgan fingerprint density at radius 3 is 2.71 bits per heavy atom. The van der Waals surface area contributed by atoms with Gasteiger partial charge in [-0.25, -0.2) is 8.78 Å². The summed E-state index contributed by atoms with van der Waals surface area (Å²) in [6, 6.07) is 2.07. The maximum absolute atomic E-state index is 13.7. The van der Waals surface area contributed by atoms with Gasteiger partial charge in [0.1, 0.15) is 11.4 Å². The number of hydrogen-bond acceptors (Lipinski definition) is 3. The highest BCUT2D eigenvalue weighted by molar-refractivity contribution is 5.95. The first-order valence-corrected chi connectivity index (χ1v) is 7.23. The van der Waals surface area contributed by atoms with Gasteiger partial charge in [0, 0.05) is 6.54 Å². The highest BCUT2D eigenvalue weighted by Gasteiger charge is 2.19. The number of nitrogens with one attached hydrogen (secondary N) is 1. The number of amides is 1. The molecule has 21 heavy (non-hydrogen) atoms. The summed E-state index contributed by atoms with van der Waals surface area (Å²) in [7, 11) is 0. The van der Waals surface area contributed by atoms with E-state index in [1.807, 2.05) is 0 Å². The van der Waals surface area contributed by atoms with Gasteiger partial charge in [-0.15, -0.1) is 0 Å². The zero-order chi connectivity index (χ0) is 15.2. The minimum absolute atomic E-state index is 0.211. The van der Waals surface area contributed by atoms with Gasteiger partial charge < -0.3 is 15.8 Å². The summed E-state index contributed by atoms with van der Waals surface area (Å²) in [6.45, 7) is 0.547. The quantitative estimate of drug-likeness (QED) is 0.649. The fourth-order valence-electron chi connectivity index (χ4n) is 2.49. The number of halogens is 2. The molecule has 1 aromatic carbocycles. The van der Waals surface area contributed by atoms with Crippen LogP contribution in [0.5, 0.6) is 0 Å². The van der Waals surface area contributed by atoms with E-state index in [1.165, 1.54) is 6.42 Å². The zero-order valence-corrected chi connectivity index (χ0v) is 11.8. The van der Waals surface area contributed by atoms with Crippen molar-refractivity contribution in [3.05, 3.63) is 29.3 Å². The van der Waals surface area contributed by atoms with Crippen LogP contribution in [0.2, 0.25) is 0 Å². The van der Waals surface area contributed by atoms with Crippen LogP contribution in [0.15, 0.2) is 12.1 Å². The number of anilines is 1. The highest BCUT2D eigenvalue weighted by atomic mass is 19.1. The summed E-state index contributed by atoms with van der Waals surface area (Å²) in [5.74, 6) is -2.77. The molecule has 0 atom stereocenters. The van der Waals surface area contributed by atoms with Crippen molar-refractivity contribution in [3.63, 3.8) is 0 Å². The van der Waals surface area contributed by atoms with Crippen LogP contribution >= 0.6 is 0 Å². The number of carbonyl (C=O) groups is 1. The van der Waals surface area contributed by atoms with Gasteiger partial charge in [-0.2, -0.15) is 0 Å². The Kier molecular flexibility index (Phi) is 5.50. The van der Waals surface area contributed by atoms with Gasteiger partial charge in [0.25, 0.3) is 5.91 Å². The van der Waals surface area contributed by atoms with Crippen LogP contribution in [0.3, 0.4) is 0 Å². The lowest BCUT2D eigenvalue weighted by molar-refractivity contribution is 0.0299. The second-order valence-electron chi connectivity index (χ2n) is 5.21. The van der Waals surface area contributed by atoms with Crippen LogP contribution in [-0.2, 0) is 4.74 Å². The Hall–Kier alpha value is -1.69. The predicted octanol–water partition coefficient (Wildman–Crippen LogP) is 2.63. The number of hydrogen-bond donors (Lipinski definition) is 2. The number of benzene rings is 1. The SMILES string of the molecule is Nc1ccc(F)c(C(=O)NCCOC2CCCCC2)c1F. The lowest BCUT2D eigenvalue weighted by Gasteiger charge is -2.22. The predicted molar refractivity (Wildman–Crippen MR) is 75.9 cm³/mol. The molecular formula is C15H20F2N2O2. The fraction of sp³-hybridized carbons (Fsp3) is 0.533. The van der Waals surface area contributed by atoms with Gasteiger partial charge in [-0.3, -0.25) is 4.79 Å². The van der Waals surface area contributed by atoms with Crippen molar-refractivity contribution in [2.24, 2.45) is 0 Å². The van der Waals surface area contributed by atoms with Crippen LogP contribution in [-0.4, -0.2) is 25.2 Å². The second-order valence-corrected chi connectivity index (χ2v) is 5.21. The number of ether oxygens (including phenoxy) is 1. The summed E-state index contributed by atoms with van der Waals surface area (Å²) in [5, 5.41) is 2.45. The molecule has 116 valence electrons. The van der Waals surface area contributed by atoms with E-state index in [2.05, 4.69) is 5.32 Å². The van der Waals surface area contributed by atoms with E-state index < -0.39 is 23.1 Å². The first-order valence-electron chi connectivity index (χ1n) is 7.23. The van der Waals surface area contributed by atoms with Gasteiger partial charge >= 0.3 is 0 Å². The van der Waals surface area contributed by atoms with E-state index in [0.29, 0.717) is 6.61 Å². The molecule has 1 aliphatic rings. The molecule has 3 N–H and O–H groups in total. The maximum Gasteiger partial charge on any atom is 0.257 e. The van der Waals surface area contributed by atoms with Crippen LogP contribution in [0.1, 0.15) is 42.5 Å². The molecule has 0 bridgehead atoms. The van der Waals surface area contributed by atoms with Crippen molar-refractivity contribution >= 4 is 11.6 Å². The number of nitrogens with two attached hydrogens (primary N) is 1. The van der Waals surface area contributed by atoms with E-state index in [1.54, 1.807) is 0 Å². The minimum atomic E-state index is -1.03. The molecule has 0 saturated heterocycles. The molecule has 6 heteroatoms. The smallest absolute Gasteiger partial charge is 0.257 e. The summed E-state index contributed by atoms with van der Waals surface area (Å²) >= 11 is 0. The number of nitrogen functional groups attached to an aromatic ring is 1. The lowest BCUT2D eigenvalue weighted by Crippen LogP contribution is -2.30. The van der Waals surface area contributed by atoms with Crippen LogP contribution < -0.4 is 11.1 Å². The van der Waals surface area contributed by atoms with Crippen molar-refractivity contribution < 1.29 is 18.3 Å². The molecule has 0 radical (unpaired) electrons. The van der Waals surface area contributed by atoms with Crippen molar-refractivity contribution in [3.8, 4) is 0 Å². The summed E-state index contributed by atoms with van der Waals surface area (Å²) < 4.78 is 32.8. The summed E-state index contributed by atoms with van der Waals surface area (Å²) in [5.41, 5.74) is 4.44. The fourth-order valence-corrected chi connectivity index (χ4v) is 2.49. The minimum Gasteiger partial charge on any atom is -0.396 e. The molecule has 2 rings (SSSR count). The second kappa shape index (κ2) is 7.36. The molecule has 1 aromatic rings. The van der Waals surface area contributed by atoms with Crippen molar-refractivity contribution in [1.29, 1.82) is 0 Å². The summed E-state index contributed by atoms with van der Waals surface area (Å²) in [6.07, 6.45) is 5.87. The molecule has 1 saturated carbocycles. The van der Waals surface area contributed by atoms with Crippen molar-refractivity contribution in [2.75, 3.05) is 18.9 Å². The molecule has 0 aromatic heterocycles. The molecule has 0 unspecified atom stereocenters. The van der Waals surface area contributed by atoms with Gasteiger partial charge in [-0.1, -0.05) is 19.3 Å². The van der Waals surface area contributed by atoms with Gasteiger partial charge in [-0.05, 0) is 25.0 Å². The van der Waals surface area contributed by atoms with Gasteiger partial charge in [0.2, 0.25) is 0 Å². The van der Waals surface area contributed by atoms with E-state index in [4.69, 9.17) is 10.5 Å². The average molecular weight is 298 g/mol. The third-order valence-corrected chi connectivity index (χ3v) is 3.64. The largest absolute Gasteiger partial charge is 0.396 e. The Labute approximate surface area is 122 Å². The Balaban J connectivity index is 1.81. The topological polar surface area (TPSA) is 64.4 Å². The molecule has 1 amide bonds. The van der Waals surface area contributed by atoms with E-state index in [0.717, 1.165) is 37.8 Å². The molecule has 1 fully saturated rings. The maximum atomic E-state index is 13.7. The molecule has 1 aliphatic carbocycles. The van der Waals surface area contributed by atoms with Crippen LogP contribution in [0, 0.1) is 11.6 Å². The molecular weight excluding hydrogens is 278 g/mol. The molecule has 0 heterocycles. The Morgan fingerprint density at radius 1 is 1.29 bits per heavy atom. The monoisotopic (exact) mass is 298 g/mol. The zero-order valence-electron chi connectivity index (χ0n) is 11.8. The average Bonchev–Trinajstić information content (AvgIpc) is 2.49. The van der Waals surface area contributed by atoms with Gasteiger partial charge in [0.15, 0.2) is 5.82 Å². The van der Waals surface area contributed by atoms with Crippen molar-refractivity contribution in [2.45, 2.75) is 38.2 Å². The normalized spacial score (nSPS) is 15.9. The first-order chi connectivity index (χ1) is 10.1. The Morgan fingerprint density at radius 2 is 2.00 bits per heavy atom. The highest BCUT2D eigenvalue weighted by Crippen LogP contribution is 2.20. The van der Waals surface area contributed by atoms with Crippen LogP contribution in [0.4, 0.5) is 14.5 Å². The third-order valence-electron chi connectivity index (χ3n) is 3.64. The molecule has 0 spiro atoms. The summed E-state index contributed by atoms with van der Waals surface area (Å²) in [4.78, 5) is 11.8. The number of carbonyl (C=O) groups excluding carboxylic acids is 1. The van der Waals surface area contributed by atoms with Crippen molar-refractivity contribution in [1.82, 2.24) is 5.32 Å². The van der Waals surface area contributed by atoms with Crippen LogP contribution in [0.25, 0.3) is 0 Å². The van der Waals surface area contributed by atoms with E-state index >= 15 is 0 Å². The van der Waals surface area contributed by atoms with Gasteiger partial charge in [0.05, 0.1) is 18.4 Å². The standard InChI is InChI=1S/C15H20F2N2O2/c16-11-6-7-12(18)14(17)13(11)15(20)19-8-9-21-10-4-2-1-3-5-10/h6-7,10H,1-5,8-9,18H2,(H,19,20). The Bertz CT molecular complexity index is 503. The first kappa shape index (κ1) is 15.7. The molecule has 4 nitrogen and oxygen atoms in total. The molecule has 0 aliphatic heterocycles. The van der Waals surface area contributed by atoms with E-state index in [9.17, 15) is 13.6 Å². The lowest BCUT2D eigenvalue weighted by atomic mass is 9.98.